The lowest BCUT2D eigenvalue weighted by Gasteiger charge is -2.27. The molecule has 0 heterocycles. The van der Waals surface area contributed by atoms with Gasteiger partial charge in [0.25, 0.3) is 0 Å². The van der Waals surface area contributed by atoms with E-state index >= 15 is 0 Å². The number of carbonyl (C=O) groups excluding carboxylic acids is 1. The second kappa shape index (κ2) is 6.14. The fourth-order valence-electron chi connectivity index (χ4n) is 1.52. The van der Waals surface area contributed by atoms with E-state index in [0.29, 0.717) is 5.92 Å². The number of rotatable bonds is 6. The largest absolute Gasteiger partial charge is 0.462 e. The molecule has 0 aliphatic rings. The van der Waals surface area contributed by atoms with Crippen LogP contribution in [0.2, 0.25) is 0 Å². The van der Waals surface area contributed by atoms with Crippen LogP contribution in [0.5, 0.6) is 0 Å². The van der Waals surface area contributed by atoms with Crippen molar-refractivity contribution in [3.63, 3.8) is 0 Å². The summed E-state index contributed by atoms with van der Waals surface area (Å²) < 4.78 is 5.37. The maximum Gasteiger partial charge on any atom is 0.311 e. The Balaban J connectivity index is 4.25. The number of ether oxygens (including phenoxy) is 1. The van der Waals surface area contributed by atoms with Crippen LogP contribution in [-0.4, -0.2) is 12.1 Å². The normalized spacial score (nSPS) is 15.9. The number of hydrogen-bond donors (Lipinski definition) is 0. The molecule has 2 unspecified atom stereocenters. The molecule has 0 aliphatic carbocycles. The summed E-state index contributed by atoms with van der Waals surface area (Å²) >= 11 is 0. The van der Waals surface area contributed by atoms with E-state index in [4.69, 9.17) is 4.74 Å². The Kier molecular flexibility index (Phi) is 5.92. The predicted molar refractivity (Wildman–Crippen MR) is 63.7 cm³/mol. The van der Waals surface area contributed by atoms with E-state index in [9.17, 15) is 4.79 Å². The number of hydrogen-bond acceptors (Lipinski definition) is 2. The molecule has 15 heavy (non-hydrogen) atoms. The number of esters is 1. The molecule has 0 amide bonds. The van der Waals surface area contributed by atoms with E-state index in [1.807, 2.05) is 27.7 Å². The molecule has 0 saturated heterocycles. The summed E-state index contributed by atoms with van der Waals surface area (Å²) in [5.41, 5.74) is -0.348. The standard InChI is InChI=1S/C13H26O2/c1-7-10(3)9-13(5,6)12(14)15-11(4)8-2/h10-11H,7-9H2,1-6H3. The van der Waals surface area contributed by atoms with E-state index in [1.165, 1.54) is 0 Å². The van der Waals surface area contributed by atoms with E-state index < -0.39 is 0 Å². The van der Waals surface area contributed by atoms with Crippen LogP contribution in [0, 0.1) is 11.3 Å². The Morgan fingerprint density at radius 2 is 1.73 bits per heavy atom. The SMILES string of the molecule is CCC(C)CC(C)(C)C(=O)OC(C)CC. The minimum Gasteiger partial charge on any atom is -0.462 e. The molecule has 0 fully saturated rings. The average Bonchev–Trinajstić information content (AvgIpc) is 2.16. The first-order chi connectivity index (χ1) is 6.83. The zero-order valence-electron chi connectivity index (χ0n) is 11.1. The van der Waals surface area contributed by atoms with Crippen LogP contribution in [0.25, 0.3) is 0 Å². The second-order valence-electron chi connectivity index (χ2n) is 5.23. The first-order valence-corrected chi connectivity index (χ1v) is 6.04. The fraction of sp³-hybridized carbons (Fsp3) is 0.923. The minimum atomic E-state index is -0.348. The lowest BCUT2D eigenvalue weighted by Crippen LogP contribution is -2.31. The van der Waals surface area contributed by atoms with E-state index in [1.54, 1.807) is 0 Å². The third-order valence-corrected chi connectivity index (χ3v) is 2.99. The van der Waals surface area contributed by atoms with Crippen LogP contribution < -0.4 is 0 Å². The van der Waals surface area contributed by atoms with Gasteiger partial charge in [-0.1, -0.05) is 27.2 Å². The molecule has 0 aromatic rings. The van der Waals surface area contributed by atoms with Crippen LogP contribution >= 0.6 is 0 Å². The van der Waals surface area contributed by atoms with Crippen molar-refractivity contribution in [1.82, 2.24) is 0 Å². The maximum atomic E-state index is 11.9. The molecule has 0 aromatic carbocycles. The molecule has 0 bridgehead atoms. The second-order valence-corrected chi connectivity index (χ2v) is 5.23. The molecule has 0 rings (SSSR count). The highest BCUT2D eigenvalue weighted by molar-refractivity contribution is 5.76. The van der Waals surface area contributed by atoms with Gasteiger partial charge in [-0.3, -0.25) is 4.79 Å². The zero-order valence-corrected chi connectivity index (χ0v) is 11.1. The molecule has 0 aliphatic heterocycles. The smallest absolute Gasteiger partial charge is 0.311 e. The summed E-state index contributed by atoms with van der Waals surface area (Å²) in [5, 5.41) is 0. The van der Waals surface area contributed by atoms with Crippen LogP contribution in [0.1, 0.15) is 60.8 Å². The summed E-state index contributed by atoms with van der Waals surface area (Å²) in [7, 11) is 0. The van der Waals surface area contributed by atoms with Gasteiger partial charge in [0.05, 0.1) is 11.5 Å². The summed E-state index contributed by atoms with van der Waals surface area (Å²) in [4.78, 5) is 11.9. The summed E-state index contributed by atoms with van der Waals surface area (Å²) in [6.45, 7) is 12.3. The molecular formula is C13H26O2. The Labute approximate surface area is 94.4 Å². The first-order valence-electron chi connectivity index (χ1n) is 6.04. The Morgan fingerprint density at radius 3 is 2.13 bits per heavy atom. The van der Waals surface area contributed by atoms with Crippen molar-refractivity contribution in [2.45, 2.75) is 66.9 Å². The van der Waals surface area contributed by atoms with Gasteiger partial charge < -0.3 is 4.74 Å². The van der Waals surface area contributed by atoms with Gasteiger partial charge in [0.1, 0.15) is 0 Å². The Bertz CT molecular complexity index is 197. The van der Waals surface area contributed by atoms with Gasteiger partial charge >= 0.3 is 5.97 Å². The Hall–Kier alpha value is -0.530. The van der Waals surface area contributed by atoms with E-state index in [-0.39, 0.29) is 17.5 Å². The van der Waals surface area contributed by atoms with Crippen molar-refractivity contribution in [2.24, 2.45) is 11.3 Å². The maximum absolute atomic E-state index is 11.9. The van der Waals surface area contributed by atoms with Gasteiger partial charge in [-0.15, -0.1) is 0 Å². The third kappa shape index (κ3) is 5.19. The van der Waals surface area contributed by atoms with E-state index in [0.717, 1.165) is 19.3 Å². The summed E-state index contributed by atoms with van der Waals surface area (Å²) in [6, 6.07) is 0. The minimum absolute atomic E-state index is 0.0358. The molecule has 90 valence electrons. The zero-order chi connectivity index (χ0) is 12.1. The highest BCUT2D eigenvalue weighted by atomic mass is 16.5. The van der Waals surface area contributed by atoms with Gasteiger partial charge in [-0.2, -0.15) is 0 Å². The molecule has 2 nitrogen and oxygen atoms in total. The van der Waals surface area contributed by atoms with E-state index in [2.05, 4.69) is 13.8 Å². The fourth-order valence-corrected chi connectivity index (χ4v) is 1.52. The van der Waals surface area contributed by atoms with Crippen LogP contribution in [-0.2, 0) is 9.53 Å². The van der Waals surface area contributed by atoms with Gasteiger partial charge in [0.2, 0.25) is 0 Å². The predicted octanol–water partition coefficient (Wildman–Crippen LogP) is 3.79. The van der Waals surface area contributed by atoms with Crippen molar-refractivity contribution in [1.29, 1.82) is 0 Å². The van der Waals surface area contributed by atoms with Crippen molar-refractivity contribution < 1.29 is 9.53 Å². The van der Waals surface area contributed by atoms with Crippen molar-refractivity contribution in [3.05, 3.63) is 0 Å². The van der Waals surface area contributed by atoms with Crippen molar-refractivity contribution in [2.75, 3.05) is 0 Å². The van der Waals surface area contributed by atoms with Crippen molar-refractivity contribution in [3.8, 4) is 0 Å². The monoisotopic (exact) mass is 214 g/mol. The molecular weight excluding hydrogens is 188 g/mol. The average molecular weight is 214 g/mol. The third-order valence-electron chi connectivity index (χ3n) is 2.99. The Morgan fingerprint density at radius 1 is 1.20 bits per heavy atom. The quantitative estimate of drug-likeness (QED) is 0.629. The van der Waals surface area contributed by atoms with Crippen LogP contribution in [0.4, 0.5) is 0 Å². The highest BCUT2D eigenvalue weighted by Gasteiger charge is 2.31. The van der Waals surface area contributed by atoms with Gasteiger partial charge in [-0.05, 0) is 39.5 Å². The summed E-state index contributed by atoms with van der Waals surface area (Å²) in [6.07, 6.45) is 2.93. The molecule has 0 saturated carbocycles. The summed E-state index contributed by atoms with van der Waals surface area (Å²) in [5.74, 6) is 0.515. The molecule has 0 aromatic heterocycles. The highest BCUT2D eigenvalue weighted by Crippen LogP contribution is 2.29. The van der Waals surface area contributed by atoms with Gasteiger partial charge in [0, 0.05) is 0 Å². The topological polar surface area (TPSA) is 26.3 Å². The molecule has 0 N–H and O–H groups in total. The lowest BCUT2D eigenvalue weighted by molar-refractivity contribution is -0.159. The molecule has 2 atom stereocenters. The van der Waals surface area contributed by atoms with Crippen LogP contribution in [0.3, 0.4) is 0 Å². The van der Waals surface area contributed by atoms with Crippen LogP contribution in [0.15, 0.2) is 0 Å². The molecule has 0 spiro atoms. The lowest BCUT2D eigenvalue weighted by atomic mass is 9.82. The number of carbonyl (C=O) groups is 1. The van der Waals surface area contributed by atoms with Gasteiger partial charge in [0.15, 0.2) is 0 Å². The van der Waals surface area contributed by atoms with Crippen molar-refractivity contribution >= 4 is 5.97 Å². The molecule has 2 heteroatoms. The first kappa shape index (κ1) is 14.5. The molecule has 0 radical (unpaired) electrons. The van der Waals surface area contributed by atoms with Gasteiger partial charge in [-0.25, -0.2) is 0 Å².